The zero-order chi connectivity index (χ0) is 15.9. The molecule has 4 heterocycles. The summed E-state index contributed by atoms with van der Waals surface area (Å²) in [6.45, 7) is 5.68. The van der Waals surface area contributed by atoms with E-state index in [4.69, 9.17) is 0 Å². The van der Waals surface area contributed by atoms with E-state index < -0.39 is 0 Å². The second-order valence-electron chi connectivity index (χ2n) is 6.57. The van der Waals surface area contributed by atoms with Gasteiger partial charge in [-0.05, 0) is 19.9 Å². The molecule has 2 aromatic rings. The SMILES string of the molecule is Cc1nc(CN2CC[C@@]3(CC(=O)N(c4cncnc4)C3)C2)cs1. The second-order valence-corrected chi connectivity index (χ2v) is 7.63. The normalized spacial score (nSPS) is 24.9. The van der Waals surface area contributed by atoms with Gasteiger partial charge in [-0.15, -0.1) is 11.3 Å². The molecule has 2 aliphatic rings. The molecule has 0 saturated carbocycles. The van der Waals surface area contributed by atoms with Crippen LogP contribution in [0.4, 0.5) is 5.69 Å². The number of anilines is 1. The maximum absolute atomic E-state index is 12.4. The average molecular weight is 329 g/mol. The van der Waals surface area contributed by atoms with Crippen molar-refractivity contribution in [2.45, 2.75) is 26.3 Å². The molecule has 0 unspecified atom stereocenters. The Morgan fingerprint density at radius 1 is 1.30 bits per heavy atom. The number of amides is 1. The van der Waals surface area contributed by atoms with Gasteiger partial charge in [0, 0.05) is 36.9 Å². The molecule has 4 rings (SSSR count). The Labute approximate surface area is 139 Å². The van der Waals surface area contributed by atoms with Gasteiger partial charge in [0.25, 0.3) is 0 Å². The standard InChI is InChI=1S/C16H19N5OS/c1-12-19-13(8-23-12)7-20-3-2-16(9-20)4-15(22)21(10-16)14-5-17-11-18-6-14/h5-6,8,11H,2-4,7,9-10H2,1H3/t16-/m1/s1. The van der Waals surface area contributed by atoms with Crippen LogP contribution in [-0.2, 0) is 11.3 Å². The Hall–Kier alpha value is -1.86. The van der Waals surface area contributed by atoms with Crippen LogP contribution in [0.3, 0.4) is 0 Å². The van der Waals surface area contributed by atoms with Gasteiger partial charge in [0.05, 0.1) is 28.8 Å². The summed E-state index contributed by atoms with van der Waals surface area (Å²) < 4.78 is 0. The summed E-state index contributed by atoms with van der Waals surface area (Å²) in [6.07, 6.45) is 6.61. The summed E-state index contributed by atoms with van der Waals surface area (Å²) >= 11 is 1.70. The van der Waals surface area contributed by atoms with E-state index in [1.165, 1.54) is 6.33 Å². The lowest BCUT2D eigenvalue weighted by atomic mass is 9.86. The highest BCUT2D eigenvalue weighted by Gasteiger charge is 2.47. The van der Waals surface area contributed by atoms with Gasteiger partial charge in [-0.25, -0.2) is 15.0 Å². The fourth-order valence-electron chi connectivity index (χ4n) is 3.71. The number of hydrogen-bond acceptors (Lipinski definition) is 6. The Balaban J connectivity index is 1.45. The maximum Gasteiger partial charge on any atom is 0.227 e. The van der Waals surface area contributed by atoms with Gasteiger partial charge in [-0.3, -0.25) is 9.69 Å². The molecule has 120 valence electrons. The van der Waals surface area contributed by atoms with Crippen LogP contribution in [0.5, 0.6) is 0 Å². The predicted octanol–water partition coefficient (Wildman–Crippen LogP) is 1.87. The van der Waals surface area contributed by atoms with Crippen molar-refractivity contribution in [2.24, 2.45) is 5.41 Å². The number of hydrogen-bond donors (Lipinski definition) is 0. The van der Waals surface area contributed by atoms with E-state index in [0.29, 0.717) is 6.42 Å². The van der Waals surface area contributed by atoms with Crippen LogP contribution in [-0.4, -0.2) is 45.4 Å². The van der Waals surface area contributed by atoms with Crippen molar-refractivity contribution in [1.29, 1.82) is 0 Å². The van der Waals surface area contributed by atoms with Crippen LogP contribution >= 0.6 is 11.3 Å². The van der Waals surface area contributed by atoms with E-state index in [-0.39, 0.29) is 11.3 Å². The number of carbonyl (C=O) groups is 1. The lowest BCUT2D eigenvalue weighted by Gasteiger charge is -2.23. The van der Waals surface area contributed by atoms with Gasteiger partial charge >= 0.3 is 0 Å². The minimum Gasteiger partial charge on any atom is -0.309 e. The van der Waals surface area contributed by atoms with Gasteiger partial charge in [0.2, 0.25) is 5.91 Å². The average Bonchev–Trinajstić information content (AvgIpc) is 3.22. The van der Waals surface area contributed by atoms with Gasteiger partial charge in [0.15, 0.2) is 0 Å². The van der Waals surface area contributed by atoms with E-state index in [9.17, 15) is 4.79 Å². The van der Waals surface area contributed by atoms with Gasteiger partial charge in [-0.1, -0.05) is 0 Å². The molecule has 1 atom stereocenters. The maximum atomic E-state index is 12.4. The van der Waals surface area contributed by atoms with Crippen LogP contribution in [0.1, 0.15) is 23.5 Å². The highest BCUT2D eigenvalue weighted by Crippen LogP contribution is 2.41. The van der Waals surface area contributed by atoms with E-state index in [1.54, 1.807) is 23.7 Å². The molecule has 0 aromatic carbocycles. The molecular formula is C16H19N5OS. The molecule has 6 nitrogen and oxygen atoms in total. The smallest absolute Gasteiger partial charge is 0.227 e. The van der Waals surface area contributed by atoms with Crippen molar-refractivity contribution in [2.75, 3.05) is 24.5 Å². The van der Waals surface area contributed by atoms with Crippen molar-refractivity contribution >= 4 is 22.9 Å². The molecule has 0 N–H and O–H groups in total. The van der Waals surface area contributed by atoms with Gasteiger partial charge in [0.1, 0.15) is 6.33 Å². The van der Waals surface area contributed by atoms with Crippen molar-refractivity contribution in [1.82, 2.24) is 19.9 Å². The van der Waals surface area contributed by atoms with Crippen LogP contribution in [0, 0.1) is 12.3 Å². The number of thiazole rings is 1. The van der Waals surface area contributed by atoms with Gasteiger partial charge in [-0.2, -0.15) is 0 Å². The number of aryl methyl sites for hydroxylation is 1. The van der Waals surface area contributed by atoms with Crippen LogP contribution in [0.15, 0.2) is 24.1 Å². The van der Waals surface area contributed by atoms with E-state index in [2.05, 4.69) is 25.2 Å². The molecular weight excluding hydrogens is 310 g/mol. The third-order valence-corrected chi connectivity index (χ3v) is 5.57. The monoisotopic (exact) mass is 329 g/mol. The zero-order valence-electron chi connectivity index (χ0n) is 13.1. The van der Waals surface area contributed by atoms with E-state index >= 15 is 0 Å². The molecule has 2 aliphatic heterocycles. The molecule has 23 heavy (non-hydrogen) atoms. The summed E-state index contributed by atoms with van der Waals surface area (Å²) in [7, 11) is 0. The van der Waals surface area contributed by atoms with Crippen molar-refractivity contribution in [3.05, 3.63) is 34.8 Å². The lowest BCUT2D eigenvalue weighted by molar-refractivity contribution is -0.117. The molecule has 2 aromatic heterocycles. The van der Waals surface area contributed by atoms with Crippen LogP contribution in [0.25, 0.3) is 0 Å². The van der Waals surface area contributed by atoms with Gasteiger partial charge < -0.3 is 4.90 Å². The van der Waals surface area contributed by atoms with E-state index in [1.807, 2.05) is 11.8 Å². The van der Waals surface area contributed by atoms with Crippen molar-refractivity contribution < 1.29 is 4.79 Å². The summed E-state index contributed by atoms with van der Waals surface area (Å²) in [5.41, 5.74) is 2.02. The quantitative estimate of drug-likeness (QED) is 0.860. The number of likely N-dealkylation sites (tertiary alicyclic amines) is 1. The Morgan fingerprint density at radius 2 is 2.13 bits per heavy atom. The molecule has 7 heteroatoms. The highest BCUT2D eigenvalue weighted by molar-refractivity contribution is 7.09. The number of carbonyl (C=O) groups excluding carboxylic acids is 1. The molecule has 1 spiro atoms. The minimum atomic E-state index is 0.0675. The molecule has 0 radical (unpaired) electrons. The predicted molar refractivity (Wildman–Crippen MR) is 88.2 cm³/mol. The Kier molecular flexibility index (Phi) is 3.61. The zero-order valence-corrected chi connectivity index (χ0v) is 13.9. The molecule has 0 bridgehead atoms. The fourth-order valence-corrected chi connectivity index (χ4v) is 4.31. The third-order valence-electron chi connectivity index (χ3n) is 4.75. The minimum absolute atomic E-state index is 0.0675. The van der Waals surface area contributed by atoms with Crippen LogP contribution in [0.2, 0.25) is 0 Å². The number of aromatic nitrogens is 3. The fraction of sp³-hybridized carbons (Fsp3) is 0.500. The first-order chi connectivity index (χ1) is 11.1. The Bertz CT molecular complexity index is 718. The first-order valence-electron chi connectivity index (χ1n) is 7.82. The topological polar surface area (TPSA) is 62.2 Å². The summed E-state index contributed by atoms with van der Waals surface area (Å²) in [6, 6.07) is 0. The molecule has 2 saturated heterocycles. The van der Waals surface area contributed by atoms with E-state index in [0.717, 1.165) is 49.0 Å². The third kappa shape index (κ3) is 2.86. The summed E-state index contributed by atoms with van der Waals surface area (Å²) in [5, 5.41) is 3.24. The highest BCUT2D eigenvalue weighted by atomic mass is 32.1. The number of rotatable bonds is 3. The summed E-state index contributed by atoms with van der Waals surface area (Å²) in [5.74, 6) is 0.186. The Morgan fingerprint density at radius 3 is 2.87 bits per heavy atom. The van der Waals surface area contributed by atoms with Crippen molar-refractivity contribution in [3.8, 4) is 0 Å². The molecule has 2 fully saturated rings. The second kappa shape index (κ2) is 5.65. The molecule has 1 amide bonds. The van der Waals surface area contributed by atoms with Crippen molar-refractivity contribution in [3.63, 3.8) is 0 Å². The largest absolute Gasteiger partial charge is 0.309 e. The first-order valence-corrected chi connectivity index (χ1v) is 8.70. The molecule has 0 aliphatic carbocycles. The summed E-state index contributed by atoms with van der Waals surface area (Å²) in [4.78, 5) is 29.3. The first kappa shape index (κ1) is 14.7. The lowest BCUT2D eigenvalue weighted by Crippen LogP contribution is -2.31. The van der Waals surface area contributed by atoms with Crippen LogP contribution < -0.4 is 4.90 Å². The number of nitrogens with zero attached hydrogens (tertiary/aromatic N) is 5.